The van der Waals surface area contributed by atoms with Crippen LogP contribution in [0.4, 0.5) is 0 Å². The average Bonchev–Trinajstić information content (AvgIpc) is 2.95. The summed E-state index contributed by atoms with van der Waals surface area (Å²) < 4.78 is 0. The third kappa shape index (κ3) is 4.07. The maximum atomic E-state index is 5.71. The van der Waals surface area contributed by atoms with Crippen LogP contribution in [0.2, 0.25) is 0 Å². The van der Waals surface area contributed by atoms with E-state index in [1.807, 2.05) is 0 Å². The van der Waals surface area contributed by atoms with Crippen LogP contribution >= 0.6 is 12.2 Å². The first-order valence-corrected chi connectivity index (χ1v) is 6.42. The van der Waals surface area contributed by atoms with Gasteiger partial charge in [-0.15, -0.1) is 0 Å². The van der Waals surface area contributed by atoms with Gasteiger partial charge in [0.05, 0.1) is 4.99 Å². The van der Waals surface area contributed by atoms with Crippen LogP contribution in [0.3, 0.4) is 0 Å². The van der Waals surface area contributed by atoms with E-state index in [1.165, 1.54) is 32.4 Å². The van der Waals surface area contributed by atoms with Crippen LogP contribution < -0.4 is 5.73 Å². The lowest BCUT2D eigenvalue weighted by atomic mass is 9.88. The molecular formula is C12H24N2S. The highest BCUT2D eigenvalue weighted by molar-refractivity contribution is 7.80. The van der Waals surface area contributed by atoms with E-state index >= 15 is 0 Å². The molecule has 0 aromatic heterocycles. The summed E-state index contributed by atoms with van der Waals surface area (Å²) in [6.45, 7) is 8.91. The molecule has 0 radical (unpaired) electrons. The summed E-state index contributed by atoms with van der Waals surface area (Å²) in [5.74, 6) is 0. The Labute approximate surface area is 99.2 Å². The summed E-state index contributed by atoms with van der Waals surface area (Å²) in [5, 5.41) is 0. The predicted octanol–water partition coefficient (Wildman–Crippen LogP) is 2.56. The zero-order valence-corrected chi connectivity index (χ0v) is 11.1. The molecule has 0 aromatic carbocycles. The Morgan fingerprint density at radius 2 is 2.07 bits per heavy atom. The topological polar surface area (TPSA) is 29.3 Å². The Morgan fingerprint density at radius 3 is 2.47 bits per heavy atom. The van der Waals surface area contributed by atoms with Crippen molar-refractivity contribution in [3.05, 3.63) is 0 Å². The monoisotopic (exact) mass is 228 g/mol. The fourth-order valence-corrected chi connectivity index (χ4v) is 1.99. The molecule has 2 nitrogen and oxygen atoms in total. The lowest BCUT2D eigenvalue weighted by molar-refractivity contribution is 0.260. The SMILES string of the molecule is CCN(CCCC(C)(C)C(N)=S)C1CC1. The first-order chi connectivity index (χ1) is 6.97. The summed E-state index contributed by atoms with van der Waals surface area (Å²) in [6, 6.07) is 0.878. The van der Waals surface area contributed by atoms with Crippen LogP contribution in [0.5, 0.6) is 0 Å². The number of hydrogen-bond acceptors (Lipinski definition) is 2. The first-order valence-electron chi connectivity index (χ1n) is 6.01. The minimum atomic E-state index is 0.0261. The van der Waals surface area contributed by atoms with Crippen molar-refractivity contribution >= 4 is 17.2 Å². The van der Waals surface area contributed by atoms with Crippen LogP contribution in [0.1, 0.15) is 46.5 Å². The maximum Gasteiger partial charge on any atom is 0.0784 e. The van der Waals surface area contributed by atoms with Gasteiger partial charge in [0.2, 0.25) is 0 Å². The zero-order chi connectivity index (χ0) is 11.5. The molecular weight excluding hydrogens is 204 g/mol. The quantitative estimate of drug-likeness (QED) is 0.679. The molecule has 88 valence electrons. The second-order valence-electron chi connectivity index (χ2n) is 5.21. The van der Waals surface area contributed by atoms with Gasteiger partial charge in [0, 0.05) is 11.5 Å². The molecule has 1 aliphatic rings. The molecule has 3 heteroatoms. The molecule has 1 rings (SSSR count). The second kappa shape index (κ2) is 5.26. The lowest BCUT2D eigenvalue weighted by Gasteiger charge is -2.25. The Balaban J connectivity index is 2.22. The Bertz CT molecular complexity index is 222. The normalized spacial score (nSPS) is 17.1. The van der Waals surface area contributed by atoms with Crippen molar-refractivity contribution in [1.82, 2.24) is 4.90 Å². The summed E-state index contributed by atoms with van der Waals surface area (Å²) in [6.07, 6.45) is 5.10. The van der Waals surface area contributed by atoms with E-state index in [0.717, 1.165) is 12.5 Å². The number of thiocarbonyl (C=S) groups is 1. The molecule has 1 aliphatic carbocycles. The highest BCUT2D eigenvalue weighted by Gasteiger charge is 2.28. The molecule has 1 fully saturated rings. The van der Waals surface area contributed by atoms with Gasteiger partial charge in [-0.2, -0.15) is 0 Å². The molecule has 2 N–H and O–H groups in total. The Hall–Kier alpha value is -0.150. The van der Waals surface area contributed by atoms with Crippen LogP contribution in [0, 0.1) is 5.41 Å². The summed E-state index contributed by atoms with van der Waals surface area (Å²) in [7, 11) is 0. The fourth-order valence-electron chi connectivity index (χ4n) is 1.89. The average molecular weight is 228 g/mol. The molecule has 0 unspecified atom stereocenters. The highest BCUT2D eigenvalue weighted by atomic mass is 32.1. The molecule has 0 aliphatic heterocycles. The first kappa shape index (κ1) is 12.9. The molecule has 0 spiro atoms. The molecule has 0 bridgehead atoms. The van der Waals surface area contributed by atoms with E-state index in [4.69, 9.17) is 18.0 Å². The van der Waals surface area contributed by atoms with Gasteiger partial charge < -0.3 is 10.6 Å². The third-order valence-corrected chi connectivity index (χ3v) is 3.94. The maximum absolute atomic E-state index is 5.71. The second-order valence-corrected chi connectivity index (χ2v) is 5.65. The molecule has 15 heavy (non-hydrogen) atoms. The van der Waals surface area contributed by atoms with Gasteiger partial charge in [-0.05, 0) is 38.8 Å². The molecule has 0 saturated heterocycles. The minimum absolute atomic E-state index is 0.0261. The lowest BCUT2D eigenvalue weighted by Crippen LogP contribution is -2.32. The predicted molar refractivity (Wildman–Crippen MR) is 70.1 cm³/mol. The molecule has 0 heterocycles. The zero-order valence-electron chi connectivity index (χ0n) is 10.3. The van der Waals surface area contributed by atoms with Gasteiger partial charge >= 0.3 is 0 Å². The van der Waals surface area contributed by atoms with Crippen molar-refractivity contribution in [1.29, 1.82) is 0 Å². The van der Waals surface area contributed by atoms with Gasteiger partial charge in [-0.3, -0.25) is 0 Å². The van der Waals surface area contributed by atoms with E-state index in [1.54, 1.807) is 0 Å². The van der Waals surface area contributed by atoms with Gasteiger partial charge in [-0.1, -0.05) is 33.0 Å². The van der Waals surface area contributed by atoms with Crippen molar-refractivity contribution in [2.24, 2.45) is 11.1 Å². The van der Waals surface area contributed by atoms with Crippen molar-refractivity contribution < 1.29 is 0 Å². The van der Waals surface area contributed by atoms with Crippen molar-refractivity contribution in [2.45, 2.75) is 52.5 Å². The largest absolute Gasteiger partial charge is 0.393 e. The van der Waals surface area contributed by atoms with Gasteiger partial charge in [0.1, 0.15) is 0 Å². The smallest absolute Gasteiger partial charge is 0.0784 e. The van der Waals surface area contributed by atoms with E-state index in [2.05, 4.69) is 25.7 Å². The number of hydrogen-bond donors (Lipinski definition) is 1. The van der Waals surface area contributed by atoms with Crippen molar-refractivity contribution in [2.75, 3.05) is 13.1 Å². The van der Waals surface area contributed by atoms with Crippen molar-refractivity contribution in [3.63, 3.8) is 0 Å². The van der Waals surface area contributed by atoms with Gasteiger partial charge in [-0.25, -0.2) is 0 Å². The summed E-state index contributed by atoms with van der Waals surface area (Å²) in [4.78, 5) is 3.23. The summed E-state index contributed by atoms with van der Waals surface area (Å²) >= 11 is 5.07. The Morgan fingerprint density at radius 1 is 1.47 bits per heavy atom. The molecule has 1 saturated carbocycles. The summed E-state index contributed by atoms with van der Waals surface area (Å²) in [5.41, 5.74) is 5.74. The highest BCUT2D eigenvalue weighted by Crippen LogP contribution is 2.28. The van der Waals surface area contributed by atoms with E-state index in [0.29, 0.717) is 4.99 Å². The van der Waals surface area contributed by atoms with Crippen molar-refractivity contribution in [3.8, 4) is 0 Å². The number of nitrogens with two attached hydrogens (primary N) is 1. The standard InChI is InChI=1S/C12H24N2S/c1-4-14(10-6-7-10)9-5-8-12(2,3)11(13)15/h10H,4-9H2,1-3H3,(H2,13,15). The third-order valence-electron chi connectivity index (χ3n) is 3.38. The van der Waals surface area contributed by atoms with Gasteiger partial charge in [0.25, 0.3) is 0 Å². The van der Waals surface area contributed by atoms with E-state index in [-0.39, 0.29) is 5.41 Å². The molecule has 0 amide bonds. The van der Waals surface area contributed by atoms with Crippen LogP contribution in [-0.2, 0) is 0 Å². The fraction of sp³-hybridized carbons (Fsp3) is 0.917. The molecule has 0 atom stereocenters. The van der Waals surface area contributed by atoms with Crippen LogP contribution in [-0.4, -0.2) is 29.0 Å². The number of rotatable bonds is 7. The molecule has 0 aromatic rings. The minimum Gasteiger partial charge on any atom is -0.393 e. The Kier molecular flexibility index (Phi) is 4.53. The number of nitrogens with zero attached hydrogens (tertiary/aromatic N) is 1. The van der Waals surface area contributed by atoms with Crippen LogP contribution in [0.15, 0.2) is 0 Å². The van der Waals surface area contributed by atoms with Gasteiger partial charge in [0.15, 0.2) is 0 Å². The van der Waals surface area contributed by atoms with E-state index < -0.39 is 0 Å². The van der Waals surface area contributed by atoms with E-state index in [9.17, 15) is 0 Å². The van der Waals surface area contributed by atoms with Crippen LogP contribution in [0.25, 0.3) is 0 Å².